The van der Waals surface area contributed by atoms with Crippen LogP contribution in [0.1, 0.15) is 89.5 Å². The highest BCUT2D eigenvalue weighted by Gasteiger charge is 2.25. The van der Waals surface area contributed by atoms with E-state index in [2.05, 4.69) is 35.7 Å². The van der Waals surface area contributed by atoms with Crippen molar-refractivity contribution in [3.8, 4) is 0 Å². The average Bonchev–Trinajstić information content (AvgIpc) is 4.22. The van der Waals surface area contributed by atoms with Crippen molar-refractivity contribution in [3.05, 3.63) is 140 Å². The Morgan fingerprint density at radius 2 is 0.900 bits per heavy atom. The lowest BCUT2D eigenvalue weighted by Crippen LogP contribution is -2.36. The molecule has 6 aromatic rings. The first-order valence-corrected chi connectivity index (χ1v) is 27.0. The molecule has 6 heterocycles. The van der Waals surface area contributed by atoms with Gasteiger partial charge in [0.2, 0.25) is 0 Å². The minimum absolute atomic E-state index is 0.302. The van der Waals surface area contributed by atoms with Gasteiger partial charge in [-0.1, -0.05) is 105 Å². The van der Waals surface area contributed by atoms with E-state index < -0.39 is 5.97 Å². The second kappa shape index (κ2) is 28.7. The Kier molecular flexibility index (Phi) is 22.6. The Morgan fingerprint density at radius 1 is 0.557 bits per heavy atom. The summed E-state index contributed by atoms with van der Waals surface area (Å²) < 4.78 is 26.5. The fourth-order valence-corrected chi connectivity index (χ4v) is 10.7. The van der Waals surface area contributed by atoms with Gasteiger partial charge in [0.15, 0.2) is 14.2 Å². The van der Waals surface area contributed by atoms with Crippen LogP contribution >= 0.6 is 84.7 Å². The highest BCUT2D eigenvalue weighted by atomic mass is 79.9. The van der Waals surface area contributed by atoms with Gasteiger partial charge in [-0.2, -0.15) is 0 Å². The third kappa shape index (κ3) is 17.2. The van der Waals surface area contributed by atoms with Gasteiger partial charge >= 0.3 is 17.9 Å². The number of hydrogen-bond acceptors (Lipinski definition) is 16. The number of carbonyl (C=O) groups is 3. The van der Waals surface area contributed by atoms with Crippen LogP contribution in [0.4, 0.5) is 10.3 Å². The molecule has 3 aromatic carbocycles. The molecule has 0 unspecified atom stereocenters. The van der Waals surface area contributed by atoms with Crippen LogP contribution in [0.25, 0.3) is 0 Å². The second-order valence-electron chi connectivity index (χ2n) is 15.5. The van der Waals surface area contributed by atoms with Crippen molar-refractivity contribution in [1.82, 2.24) is 15.0 Å². The molecule has 0 bridgehead atoms. The lowest BCUT2D eigenvalue weighted by Gasteiger charge is -2.26. The molecule has 374 valence electrons. The van der Waals surface area contributed by atoms with Crippen molar-refractivity contribution >= 4 is 113 Å². The quantitative estimate of drug-likeness (QED) is 0.109. The maximum atomic E-state index is 12.3. The standard InChI is InChI=1S/C17H19ClN2O3S.C15H15ClN2O3S.C13H11BrClNO2S.C4H8O/c1-2-23-16(21)15-14(11-12-3-5-13(18)6-4-12)19-17(24-15)20-7-9-22-10-8-20;16-11-3-1-10(2-4-11)9-12-13(14(19)20)22-15(17-12)18-5-7-21-8-6-18;1-2-18-12(17)11-10(16-13(14)19-11)7-8-3-5-9(15)6-4-8;1-2-4-5-3-1/h3-6H,2,7-11H2,1H3;1-4H,5-9H2,(H,19,20);3-6H,2,7H2,1H3;1-4H2. The topological polar surface area (TPSA) is 163 Å². The summed E-state index contributed by atoms with van der Waals surface area (Å²) in [7, 11) is 0. The SMILES string of the molecule is C1CCOC1.CCOC(=O)c1sc(Br)nc1Cc1ccc(Cl)cc1.CCOC(=O)c1sc(N2CCOCC2)nc1Cc1ccc(Cl)cc1.O=C(O)c1sc(N2CCOCC2)nc1Cc1ccc(Cl)cc1. The minimum Gasteiger partial charge on any atom is -0.477 e. The predicted octanol–water partition coefficient (Wildman–Crippen LogP) is 11.4. The first-order valence-electron chi connectivity index (χ1n) is 22.6. The highest BCUT2D eigenvalue weighted by molar-refractivity contribution is 9.11. The molecule has 3 aromatic heterocycles. The van der Waals surface area contributed by atoms with E-state index in [1.54, 1.807) is 26.0 Å². The van der Waals surface area contributed by atoms with Crippen LogP contribution in [0.5, 0.6) is 0 Å². The van der Waals surface area contributed by atoms with Crippen molar-refractivity contribution in [2.75, 3.05) is 88.8 Å². The largest absolute Gasteiger partial charge is 0.477 e. The van der Waals surface area contributed by atoms with E-state index >= 15 is 0 Å². The first-order chi connectivity index (χ1) is 33.9. The van der Waals surface area contributed by atoms with Gasteiger partial charge < -0.3 is 38.6 Å². The minimum atomic E-state index is -0.930. The van der Waals surface area contributed by atoms with Crippen molar-refractivity contribution in [2.45, 2.75) is 46.0 Å². The lowest BCUT2D eigenvalue weighted by atomic mass is 10.1. The number of ether oxygens (including phenoxy) is 5. The molecule has 0 spiro atoms. The molecular weight excluding hydrogens is 1090 g/mol. The maximum absolute atomic E-state index is 12.3. The smallest absolute Gasteiger partial charge is 0.350 e. The zero-order chi connectivity index (χ0) is 49.8. The zero-order valence-electron chi connectivity index (χ0n) is 38.6. The molecule has 9 rings (SSSR count). The van der Waals surface area contributed by atoms with E-state index in [4.69, 9.17) is 63.5 Å². The molecule has 3 aliphatic heterocycles. The summed E-state index contributed by atoms with van der Waals surface area (Å²) in [6.07, 6.45) is 4.19. The van der Waals surface area contributed by atoms with Gasteiger partial charge in [-0.05, 0) is 95.7 Å². The summed E-state index contributed by atoms with van der Waals surface area (Å²) in [5.41, 5.74) is 5.17. The van der Waals surface area contributed by atoms with E-state index in [0.717, 1.165) is 77.7 Å². The fraction of sp³-hybridized carbons (Fsp3) is 0.388. The maximum Gasteiger partial charge on any atom is 0.350 e. The van der Waals surface area contributed by atoms with Gasteiger partial charge in [0.1, 0.15) is 14.6 Å². The molecule has 0 saturated carbocycles. The number of carboxylic acid groups (broad SMARTS) is 1. The summed E-state index contributed by atoms with van der Waals surface area (Å²) >= 11 is 24.9. The van der Waals surface area contributed by atoms with Gasteiger partial charge in [0.05, 0.1) is 56.7 Å². The molecule has 3 saturated heterocycles. The van der Waals surface area contributed by atoms with Crippen LogP contribution < -0.4 is 9.80 Å². The number of rotatable bonds is 13. The van der Waals surface area contributed by atoms with Crippen LogP contribution in [-0.2, 0) is 42.9 Å². The number of carbonyl (C=O) groups excluding carboxylic acids is 2. The first kappa shape index (κ1) is 55.1. The molecule has 0 atom stereocenters. The summed E-state index contributed by atoms with van der Waals surface area (Å²) in [5, 5.41) is 13.1. The van der Waals surface area contributed by atoms with Crippen molar-refractivity contribution < 1.29 is 43.2 Å². The van der Waals surface area contributed by atoms with Gasteiger partial charge in [-0.25, -0.2) is 29.3 Å². The van der Waals surface area contributed by atoms with Gasteiger partial charge in [-0.3, -0.25) is 0 Å². The molecule has 70 heavy (non-hydrogen) atoms. The number of thiazole rings is 3. The Balaban J connectivity index is 0.000000164. The molecular formula is C49H53BrCl3N5O9S3. The van der Waals surface area contributed by atoms with Gasteiger partial charge in [0, 0.05) is 73.7 Å². The van der Waals surface area contributed by atoms with Crippen LogP contribution in [0.3, 0.4) is 0 Å². The Morgan fingerprint density at radius 3 is 1.26 bits per heavy atom. The fourth-order valence-electron chi connectivity index (χ4n) is 6.92. The summed E-state index contributed by atoms with van der Waals surface area (Å²) in [6.45, 7) is 12.0. The van der Waals surface area contributed by atoms with E-state index in [0.29, 0.717) is 98.2 Å². The molecule has 0 radical (unpaired) electrons. The monoisotopic (exact) mass is 1140 g/mol. The third-order valence-corrected chi connectivity index (χ3v) is 15.0. The van der Waals surface area contributed by atoms with E-state index in [9.17, 15) is 19.5 Å². The van der Waals surface area contributed by atoms with Gasteiger partial charge in [0.25, 0.3) is 0 Å². The number of hydrogen-bond donors (Lipinski definition) is 1. The lowest BCUT2D eigenvalue weighted by molar-refractivity contribution is 0.0521. The molecule has 14 nitrogen and oxygen atoms in total. The Bertz CT molecular complexity index is 2580. The van der Waals surface area contributed by atoms with E-state index in [1.165, 1.54) is 46.9 Å². The normalized spacial score (nSPS) is 14.3. The Labute approximate surface area is 442 Å². The molecule has 3 aliphatic rings. The molecule has 1 N–H and O–H groups in total. The molecule has 0 amide bonds. The van der Waals surface area contributed by atoms with E-state index in [1.807, 2.05) is 60.7 Å². The van der Waals surface area contributed by atoms with Crippen LogP contribution in [-0.4, -0.2) is 117 Å². The number of aromatic carboxylic acids is 1. The Hall–Kier alpha value is -4.21. The van der Waals surface area contributed by atoms with Crippen molar-refractivity contribution in [2.24, 2.45) is 0 Å². The summed E-state index contributed by atoms with van der Waals surface area (Å²) in [5.74, 6) is -1.56. The van der Waals surface area contributed by atoms with Crippen LogP contribution in [0.15, 0.2) is 76.7 Å². The average molecular weight is 1140 g/mol. The number of benzene rings is 3. The van der Waals surface area contributed by atoms with E-state index in [-0.39, 0.29) is 11.9 Å². The van der Waals surface area contributed by atoms with Crippen LogP contribution in [0.2, 0.25) is 15.1 Å². The van der Waals surface area contributed by atoms with Gasteiger partial charge in [-0.15, -0.1) is 0 Å². The number of nitrogens with zero attached hydrogens (tertiary/aromatic N) is 5. The summed E-state index contributed by atoms with van der Waals surface area (Å²) in [4.78, 5) is 54.8. The number of anilines is 2. The number of esters is 2. The highest BCUT2D eigenvalue weighted by Crippen LogP contribution is 2.31. The molecule has 21 heteroatoms. The number of morpholine rings is 2. The zero-order valence-corrected chi connectivity index (χ0v) is 44.9. The van der Waals surface area contributed by atoms with Crippen molar-refractivity contribution in [3.63, 3.8) is 0 Å². The van der Waals surface area contributed by atoms with Crippen LogP contribution in [0, 0.1) is 0 Å². The summed E-state index contributed by atoms with van der Waals surface area (Å²) in [6, 6.07) is 22.4. The predicted molar refractivity (Wildman–Crippen MR) is 282 cm³/mol. The van der Waals surface area contributed by atoms with Crippen molar-refractivity contribution in [1.29, 1.82) is 0 Å². The number of aromatic nitrogens is 3. The molecule has 0 aliphatic carbocycles. The molecule has 3 fully saturated rings. The second-order valence-corrected chi connectivity index (χ2v) is 21.0. The third-order valence-electron chi connectivity index (χ3n) is 10.4. The number of carboxylic acids is 1. The number of halogens is 4.